The minimum absolute atomic E-state index is 0.00551. The molecule has 1 fully saturated rings. The molecular formula is C16H19FO2S. The third-order valence-corrected chi connectivity index (χ3v) is 4.23. The molecule has 1 unspecified atom stereocenters. The van der Waals surface area contributed by atoms with Crippen LogP contribution in [0, 0.1) is 17.7 Å². The lowest BCUT2D eigenvalue weighted by atomic mass is 10.1. The summed E-state index contributed by atoms with van der Waals surface area (Å²) in [6, 6.07) is 5.06. The minimum atomic E-state index is -0.302. The summed E-state index contributed by atoms with van der Waals surface area (Å²) in [6.07, 6.45) is 3.06. The third kappa shape index (κ3) is 4.82. The summed E-state index contributed by atoms with van der Waals surface area (Å²) in [7, 11) is 0. The second kappa shape index (κ2) is 8.31. The Morgan fingerprint density at radius 3 is 3.10 bits per heavy atom. The number of thioether (sulfide) groups is 1. The van der Waals surface area contributed by atoms with Crippen molar-refractivity contribution in [2.45, 2.75) is 31.1 Å². The van der Waals surface area contributed by atoms with Crippen molar-refractivity contribution in [3.8, 4) is 11.8 Å². The Kier molecular flexibility index (Phi) is 6.38. The van der Waals surface area contributed by atoms with Gasteiger partial charge in [0.25, 0.3) is 0 Å². The molecule has 20 heavy (non-hydrogen) atoms. The molecule has 0 spiro atoms. The molecule has 0 aliphatic carbocycles. The zero-order chi connectivity index (χ0) is 14.2. The maximum absolute atomic E-state index is 13.6. The zero-order valence-corrected chi connectivity index (χ0v) is 12.2. The van der Waals surface area contributed by atoms with Crippen LogP contribution < -0.4 is 0 Å². The van der Waals surface area contributed by atoms with Gasteiger partial charge in [-0.05, 0) is 30.5 Å². The first kappa shape index (κ1) is 15.4. The number of aliphatic hydroxyl groups excluding tert-OH is 1. The van der Waals surface area contributed by atoms with Crippen LogP contribution in [0.3, 0.4) is 0 Å². The Balaban J connectivity index is 1.88. The second-order valence-electron chi connectivity index (χ2n) is 4.74. The highest BCUT2D eigenvalue weighted by Gasteiger charge is 2.15. The smallest absolute Gasteiger partial charge is 0.138 e. The first-order valence-electron chi connectivity index (χ1n) is 6.87. The van der Waals surface area contributed by atoms with Gasteiger partial charge < -0.3 is 9.84 Å². The van der Waals surface area contributed by atoms with E-state index in [4.69, 9.17) is 9.84 Å². The Labute approximate surface area is 123 Å². The maximum atomic E-state index is 13.6. The van der Waals surface area contributed by atoms with E-state index in [1.54, 1.807) is 12.1 Å². The Bertz CT molecular complexity index is 487. The average molecular weight is 294 g/mol. The van der Waals surface area contributed by atoms with Gasteiger partial charge in [0.05, 0.1) is 18.3 Å². The van der Waals surface area contributed by atoms with Crippen LogP contribution in [0.15, 0.2) is 18.2 Å². The van der Waals surface area contributed by atoms with E-state index in [9.17, 15) is 4.39 Å². The average Bonchev–Trinajstić information content (AvgIpc) is 2.95. The van der Waals surface area contributed by atoms with E-state index in [2.05, 4.69) is 11.8 Å². The van der Waals surface area contributed by atoms with Crippen molar-refractivity contribution in [1.29, 1.82) is 0 Å². The van der Waals surface area contributed by atoms with Gasteiger partial charge in [-0.3, -0.25) is 0 Å². The molecule has 0 amide bonds. The third-order valence-electron chi connectivity index (χ3n) is 3.09. The molecule has 4 heteroatoms. The highest BCUT2D eigenvalue weighted by Crippen LogP contribution is 2.21. The fraction of sp³-hybridized carbons (Fsp3) is 0.500. The van der Waals surface area contributed by atoms with Gasteiger partial charge in [-0.1, -0.05) is 17.9 Å². The summed E-state index contributed by atoms with van der Waals surface area (Å²) in [5.74, 6) is 7.05. The summed E-state index contributed by atoms with van der Waals surface area (Å²) < 4.78 is 19.1. The van der Waals surface area contributed by atoms with Crippen LogP contribution in [0.2, 0.25) is 0 Å². The fourth-order valence-corrected chi connectivity index (χ4v) is 3.11. The Morgan fingerprint density at radius 2 is 2.35 bits per heavy atom. The summed E-state index contributed by atoms with van der Waals surface area (Å²) in [5.41, 5.74) is 1.48. The van der Waals surface area contributed by atoms with E-state index in [1.165, 1.54) is 6.07 Å². The second-order valence-corrected chi connectivity index (χ2v) is 5.77. The largest absolute Gasteiger partial charge is 0.395 e. The summed E-state index contributed by atoms with van der Waals surface area (Å²) in [5, 5.41) is 8.68. The van der Waals surface area contributed by atoms with Gasteiger partial charge in [-0.25, -0.2) is 4.39 Å². The van der Waals surface area contributed by atoms with Gasteiger partial charge in [0.1, 0.15) is 5.82 Å². The minimum Gasteiger partial charge on any atom is -0.395 e. The molecule has 0 radical (unpaired) electrons. The molecule has 1 atom stereocenters. The van der Waals surface area contributed by atoms with E-state index in [-0.39, 0.29) is 12.4 Å². The van der Waals surface area contributed by atoms with Gasteiger partial charge >= 0.3 is 0 Å². The van der Waals surface area contributed by atoms with Crippen molar-refractivity contribution < 1.29 is 14.2 Å². The van der Waals surface area contributed by atoms with Crippen molar-refractivity contribution in [3.63, 3.8) is 0 Å². The van der Waals surface area contributed by atoms with E-state index >= 15 is 0 Å². The number of halogens is 1. The first-order valence-corrected chi connectivity index (χ1v) is 8.02. The highest BCUT2D eigenvalue weighted by atomic mass is 32.2. The number of benzene rings is 1. The molecule has 2 rings (SSSR count). The molecule has 2 nitrogen and oxygen atoms in total. The monoisotopic (exact) mass is 294 g/mol. The summed E-state index contributed by atoms with van der Waals surface area (Å²) in [6.45, 7) is 0.887. The fourth-order valence-electron chi connectivity index (χ4n) is 2.06. The molecule has 1 aromatic rings. The van der Waals surface area contributed by atoms with Crippen LogP contribution in [-0.4, -0.2) is 30.2 Å². The van der Waals surface area contributed by atoms with Crippen molar-refractivity contribution in [3.05, 3.63) is 35.1 Å². The number of hydrogen-bond donors (Lipinski definition) is 1. The number of aliphatic hydroxyl groups is 1. The van der Waals surface area contributed by atoms with E-state index in [1.807, 2.05) is 11.8 Å². The topological polar surface area (TPSA) is 29.5 Å². The standard InChI is InChI=1S/C16H19FO2S/c17-16-7-6-13(10-14(16)4-1-2-8-18)11-20-12-15-5-3-9-19-15/h6-7,10,15,18H,2-3,5,8-9,11-12H2. The summed E-state index contributed by atoms with van der Waals surface area (Å²) >= 11 is 1.81. The Morgan fingerprint density at radius 1 is 1.45 bits per heavy atom. The number of rotatable bonds is 5. The van der Waals surface area contributed by atoms with E-state index < -0.39 is 0 Å². The van der Waals surface area contributed by atoms with E-state index in [0.29, 0.717) is 18.1 Å². The van der Waals surface area contributed by atoms with Gasteiger partial charge in [-0.2, -0.15) is 11.8 Å². The molecule has 0 bridgehead atoms. The molecule has 108 valence electrons. The molecule has 1 heterocycles. The maximum Gasteiger partial charge on any atom is 0.138 e. The molecule has 1 aliphatic rings. The van der Waals surface area contributed by atoms with Gasteiger partial charge in [0.15, 0.2) is 0 Å². The highest BCUT2D eigenvalue weighted by molar-refractivity contribution is 7.98. The van der Waals surface area contributed by atoms with Crippen LogP contribution in [0.25, 0.3) is 0 Å². The van der Waals surface area contributed by atoms with Crippen molar-refractivity contribution in [2.75, 3.05) is 19.0 Å². The predicted molar refractivity (Wildman–Crippen MR) is 80.1 cm³/mol. The van der Waals surface area contributed by atoms with Crippen molar-refractivity contribution in [2.24, 2.45) is 0 Å². The van der Waals surface area contributed by atoms with E-state index in [0.717, 1.165) is 36.5 Å². The van der Waals surface area contributed by atoms with Gasteiger partial charge in [0.2, 0.25) is 0 Å². The molecule has 1 aliphatic heterocycles. The first-order chi connectivity index (χ1) is 9.79. The van der Waals surface area contributed by atoms with Crippen LogP contribution >= 0.6 is 11.8 Å². The lowest BCUT2D eigenvalue weighted by Crippen LogP contribution is -2.07. The quantitative estimate of drug-likeness (QED) is 0.847. The summed E-state index contributed by atoms with van der Waals surface area (Å²) in [4.78, 5) is 0. The molecule has 1 saturated heterocycles. The molecular weight excluding hydrogens is 275 g/mol. The zero-order valence-electron chi connectivity index (χ0n) is 11.4. The SMILES string of the molecule is OCCC#Cc1cc(CSCC2CCCO2)ccc1F. The molecule has 1 N–H and O–H groups in total. The Hall–Kier alpha value is -1.02. The van der Waals surface area contributed by atoms with Crippen LogP contribution in [0.5, 0.6) is 0 Å². The molecule has 0 aromatic heterocycles. The lowest BCUT2D eigenvalue weighted by Gasteiger charge is -2.08. The van der Waals surface area contributed by atoms with Gasteiger partial charge in [-0.15, -0.1) is 0 Å². The van der Waals surface area contributed by atoms with Crippen molar-refractivity contribution >= 4 is 11.8 Å². The van der Waals surface area contributed by atoms with Gasteiger partial charge in [0, 0.05) is 24.5 Å². The molecule has 1 aromatic carbocycles. The van der Waals surface area contributed by atoms with Crippen LogP contribution in [0.4, 0.5) is 4.39 Å². The van der Waals surface area contributed by atoms with Crippen LogP contribution in [-0.2, 0) is 10.5 Å². The predicted octanol–water partition coefficient (Wildman–Crippen LogP) is 2.97. The van der Waals surface area contributed by atoms with Crippen LogP contribution in [0.1, 0.15) is 30.4 Å². The van der Waals surface area contributed by atoms with Crippen molar-refractivity contribution in [1.82, 2.24) is 0 Å². The number of hydrogen-bond acceptors (Lipinski definition) is 3. The molecule has 0 saturated carbocycles. The lowest BCUT2D eigenvalue weighted by molar-refractivity contribution is 0.129. The number of ether oxygens (including phenoxy) is 1. The normalized spacial score (nSPS) is 17.8.